The third kappa shape index (κ3) is 2.07. The largest absolute Gasteiger partial charge is 0.469 e. The molecule has 0 N–H and O–H groups in total. The first-order valence-electron chi connectivity index (χ1n) is 11.3. The molecule has 3 nitrogen and oxygen atoms in total. The van der Waals surface area contributed by atoms with Gasteiger partial charge in [-0.3, -0.25) is 9.69 Å². The number of methoxy groups -OCH3 is 1. The summed E-state index contributed by atoms with van der Waals surface area (Å²) in [7, 11) is 1.56. The van der Waals surface area contributed by atoms with Crippen LogP contribution in [0.25, 0.3) is 0 Å². The first-order valence-corrected chi connectivity index (χ1v) is 11.3. The summed E-state index contributed by atoms with van der Waals surface area (Å²) < 4.78 is 5.11. The highest BCUT2D eigenvalue weighted by atomic mass is 16.5. The molecular formula is C23H37NO2. The Morgan fingerprint density at radius 1 is 1.15 bits per heavy atom. The van der Waals surface area contributed by atoms with Gasteiger partial charge in [0, 0.05) is 25.6 Å². The molecule has 3 heteroatoms. The molecule has 0 aromatic carbocycles. The van der Waals surface area contributed by atoms with E-state index in [9.17, 15) is 4.79 Å². The van der Waals surface area contributed by atoms with Gasteiger partial charge < -0.3 is 4.74 Å². The van der Waals surface area contributed by atoms with Crippen molar-refractivity contribution in [2.45, 2.75) is 77.7 Å². The van der Waals surface area contributed by atoms with Crippen molar-refractivity contribution in [3.05, 3.63) is 0 Å². The summed E-state index contributed by atoms with van der Waals surface area (Å²) in [6.45, 7) is 7.80. The van der Waals surface area contributed by atoms with Gasteiger partial charge >= 0.3 is 5.97 Å². The van der Waals surface area contributed by atoms with Gasteiger partial charge in [-0.25, -0.2) is 0 Å². The molecule has 2 aliphatic heterocycles. The van der Waals surface area contributed by atoms with Crippen LogP contribution in [0, 0.1) is 40.4 Å². The van der Waals surface area contributed by atoms with Crippen LogP contribution in [-0.2, 0) is 9.53 Å². The van der Waals surface area contributed by atoms with E-state index in [2.05, 4.69) is 18.7 Å². The lowest BCUT2D eigenvalue weighted by Gasteiger charge is -2.68. The maximum atomic E-state index is 12.2. The Morgan fingerprint density at radius 3 is 2.81 bits per heavy atom. The summed E-state index contributed by atoms with van der Waals surface area (Å²) in [4.78, 5) is 15.1. The summed E-state index contributed by atoms with van der Waals surface area (Å²) >= 11 is 0. The second-order valence-corrected chi connectivity index (χ2v) is 10.7. The number of carbonyl (C=O) groups excluding carboxylic acids is 1. The number of esters is 1. The van der Waals surface area contributed by atoms with Crippen molar-refractivity contribution in [2.75, 3.05) is 20.2 Å². The van der Waals surface area contributed by atoms with Gasteiger partial charge in [0.15, 0.2) is 0 Å². The first kappa shape index (κ1) is 17.5. The Labute approximate surface area is 159 Å². The monoisotopic (exact) mass is 359 g/mol. The molecule has 0 radical (unpaired) electrons. The van der Waals surface area contributed by atoms with Crippen molar-refractivity contribution in [1.29, 1.82) is 0 Å². The smallest absolute Gasteiger partial charge is 0.305 e. The summed E-state index contributed by atoms with van der Waals surface area (Å²) in [5, 5.41) is 0. The minimum atomic E-state index is 0.0114. The van der Waals surface area contributed by atoms with Crippen LogP contribution in [0.5, 0.6) is 0 Å². The van der Waals surface area contributed by atoms with Crippen molar-refractivity contribution in [2.24, 2.45) is 40.4 Å². The highest BCUT2D eigenvalue weighted by molar-refractivity contribution is 5.69. The van der Waals surface area contributed by atoms with E-state index >= 15 is 0 Å². The number of hydrogen-bond acceptors (Lipinski definition) is 3. The third-order valence-electron chi connectivity index (χ3n) is 10.2. The molecule has 0 aromatic rings. The van der Waals surface area contributed by atoms with Crippen LogP contribution in [0.4, 0.5) is 0 Å². The van der Waals surface area contributed by atoms with E-state index in [-0.39, 0.29) is 5.97 Å². The number of piperidine rings is 1. The van der Waals surface area contributed by atoms with Crippen molar-refractivity contribution in [3.63, 3.8) is 0 Å². The van der Waals surface area contributed by atoms with Crippen molar-refractivity contribution in [1.82, 2.24) is 4.90 Å². The van der Waals surface area contributed by atoms with E-state index in [1.54, 1.807) is 7.11 Å². The van der Waals surface area contributed by atoms with Gasteiger partial charge in [0.1, 0.15) is 0 Å². The Bertz CT molecular complexity index is 591. The minimum absolute atomic E-state index is 0.0114. The summed E-state index contributed by atoms with van der Waals surface area (Å²) in [6, 6.07) is 0.737. The molecule has 0 spiro atoms. The van der Waals surface area contributed by atoms with Crippen LogP contribution in [0.2, 0.25) is 0 Å². The number of fused-ring (bicyclic) bond motifs is 1. The van der Waals surface area contributed by atoms with Gasteiger partial charge in [-0.2, -0.15) is 0 Å². The number of hydrogen-bond donors (Lipinski definition) is 0. The first-order chi connectivity index (χ1) is 12.5. The van der Waals surface area contributed by atoms with Crippen LogP contribution >= 0.6 is 0 Å². The normalized spacial score (nSPS) is 52.4. The average molecular weight is 360 g/mol. The standard InChI is InChI=1S/C23H37NO2/c1-15-13-24-14-17-8-7-16-5-4-6-19(16)23(12-10-20(25)26-3)21(24)18(15)9-11-22(17,23)2/h15-19,21H,4-14H2,1-3H3/t15?,16-,17+,18+,19+,21-,22-,23-/m0/s1. The van der Waals surface area contributed by atoms with Gasteiger partial charge in [0.25, 0.3) is 0 Å². The number of nitrogens with zero attached hydrogens (tertiary/aromatic N) is 1. The number of carbonyl (C=O) groups is 1. The fourth-order valence-corrected chi connectivity index (χ4v) is 9.20. The zero-order chi connectivity index (χ0) is 18.1. The molecule has 3 saturated carbocycles. The molecule has 1 unspecified atom stereocenters. The number of rotatable bonds is 3. The van der Waals surface area contributed by atoms with E-state index < -0.39 is 0 Å². The van der Waals surface area contributed by atoms with Crippen molar-refractivity contribution >= 4 is 5.97 Å². The molecule has 146 valence electrons. The minimum Gasteiger partial charge on any atom is -0.469 e. The lowest BCUT2D eigenvalue weighted by molar-refractivity contribution is -0.194. The molecule has 4 bridgehead atoms. The van der Waals surface area contributed by atoms with Crippen molar-refractivity contribution < 1.29 is 9.53 Å². The van der Waals surface area contributed by atoms with Crippen LogP contribution in [0.3, 0.4) is 0 Å². The number of ether oxygens (including phenoxy) is 1. The van der Waals surface area contributed by atoms with E-state index in [1.807, 2.05) is 0 Å². The lowest BCUT2D eigenvalue weighted by atomic mass is 9.41. The molecule has 26 heavy (non-hydrogen) atoms. The molecule has 3 aliphatic carbocycles. The predicted molar refractivity (Wildman–Crippen MR) is 103 cm³/mol. The van der Waals surface area contributed by atoms with Gasteiger partial charge in [-0.15, -0.1) is 0 Å². The summed E-state index contributed by atoms with van der Waals surface area (Å²) in [5.41, 5.74) is 0.794. The second kappa shape index (κ2) is 5.96. The summed E-state index contributed by atoms with van der Waals surface area (Å²) in [6.07, 6.45) is 11.7. The van der Waals surface area contributed by atoms with E-state index in [1.165, 1.54) is 58.0 Å². The Morgan fingerprint density at radius 2 is 2.00 bits per heavy atom. The van der Waals surface area contributed by atoms with Gasteiger partial charge in [0.05, 0.1) is 7.11 Å². The fourth-order valence-electron chi connectivity index (χ4n) is 9.20. The van der Waals surface area contributed by atoms with Crippen molar-refractivity contribution in [3.8, 4) is 0 Å². The molecule has 2 heterocycles. The van der Waals surface area contributed by atoms with E-state index in [0.29, 0.717) is 17.3 Å². The molecule has 0 aromatic heterocycles. The molecule has 5 fully saturated rings. The highest BCUT2D eigenvalue weighted by Crippen LogP contribution is 2.73. The quantitative estimate of drug-likeness (QED) is 0.695. The maximum Gasteiger partial charge on any atom is 0.305 e. The predicted octanol–water partition coefficient (Wildman–Crippen LogP) is 4.50. The average Bonchev–Trinajstić information content (AvgIpc) is 3.21. The van der Waals surface area contributed by atoms with Gasteiger partial charge in [0.2, 0.25) is 0 Å². The van der Waals surface area contributed by atoms with Crippen LogP contribution in [0.1, 0.15) is 71.6 Å². The zero-order valence-electron chi connectivity index (χ0n) is 17.0. The van der Waals surface area contributed by atoms with Gasteiger partial charge in [-0.05, 0) is 78.9 Å². The Hall–Kier alpha value is -0.570. The van der Waals surface area contributed by atoms with Crippen LogP contribution in [0.15, 0.2) is 0 Å². The van der Waals surface area contributed by atoms with E-state index in [4.69, 9.17) is 4.74 Å². The Kier molecular flexibility index (Phi) is 4.02. The summed E-state index contributed by atoms with van der Waals surface area (Å²) in [5.74, 6) is 4.32. The molecular weight excluding hydrogens is 322 g/mol. The maximum absolute atomic E-state index is 12.2. The molecule has 5 aliphatic rings. The van der Waals surface area contributed by atoms with Gasteiger partial charge in [-0.1, -0.05) is 26.7 Å². The zero-order valence-corrected chi connectivity index (χ0v) is 17.0. The van der Waals surface area contributed by atoms with Crippen LogP contribution < -0.4 is 0 Å². The Balaban J connectivity index is 1.65. The molecule has 0 amide bonds. The molecule has 2 saturated heterocycles. The molecule has 8 atom stereocenters. The fraction of sp³-hybridized carbons (Fsp3) is 0.957. The van der Waals surface area contributed by atoms with Crippen LogP contribution in [-0.4, -0.2) is 37.1 Å². The highest BCUT2D eigenvalue weighted by Gasteiger charge is 2.71. The topological polar surface area (TPSA) is 29.5 Å². The SMILES string of the molecule is COC(=O)CC[C@@]12[C@@H]3CCC[C@H]3CC[C@@H]3CN4CC(C)[C@@H](CC[C@@]31C)[C@H]42. The molecule has 5 rings (SSSR count). The lowest BCUT2D eigenvalue weighted by Crippen LogP contribution is -2.68. The second-order valence-electron chi connectivity index (χ2n) is 10.7. The van der Waals surface area contributed by atoms with E-state index in [0.717, 1.165) is 42.1 Å². The third-order valence-corrected chi connectivity index (χ3v) is 10.2.